The van der Waals surface area contributed by atoms with Crippen molar-refractivity contribution in [2.75, 3.05) is 36.4 Å². The van der Waals surface area contributed by atoms with Crippen LogP contribution in [0, 0.1) is 26.2 Å². The molecule has 1 heterocycles. The summed E-state index contributed by atoms with van der Waals surface area (Å²) in [5.41, 5.74) is 3.98. The van der Waals surface area contributed by atoms with Crippen molar-refractivity contribution < 1.29 is 19.1 Å². The molecule has 1 aromatic heterocycles. The Balaban J connectivity index is 2.03. The van der Waals surface area contributed by atoms with Crippen LogP contribution in [0.5, 0.6) is 0 Å². The molecule has 0 saturated carbocycles. The average Bonchev–Trinajstić information content (AvgIpc) is 3.21. The smallest absolute Gasteiger partial charge is 0.408 e. The van der Waals surface area contributed by atoms with E-state index in [4.69, 9.17) is 21.0 Å². The van der Waals surface area contributed by atoms with E-state index in [0.29, 0.717) is 25.4 Å². The number of terminal acetylenes is 1. The van der Waals surface area contributed by atoms with Crippen LogP contribution in [-0.4, -0.2) is 64.6 Å². The van der Waals surface area contributed by atoms with Gasteiger partial charge >= 0.3 is 6.09 Å². The fourth-order valence-corrected chi connectivity index (χ4v) is 5.42. The van der Waals surface area contributed by atoms with E-state index in [9.17, 15) is 9.59 Å². The highest BCUT2D eigenvalue weighted by molar-refractivity contribution is 9.11. The third-order valence-corrected chi connectivity index (χ3v) is 8.63. The van der Waals surface area contributed by atoms with E-state index in [0.717, 1.165) is 58.4 Å². The first-order valence-electron chi connectivity index (χ1n) is 15.3. The van der Waals surface area contributed by atoms with Crippen LogP contribution in [0.1, 0.15) is 64.3 Å². The molecule has 0 bridgehead atoms. The molecular weight excluding hydrogens is 652 g/mol. The number of hydrogen-bond acceptors (Lipinski definition) is 5. The average molecular weight is 704 g/mol. The van der Waals surface area contributed by atoms with Gasteiger partial charge in [-0.3, -0.25) is 4.79 Å². The topological polar surface area (TPSA) is 94.5 Å². The van der Waals surface area contributed by atoms with Gasteiger partial charge in [0.25, 0.3) is 0 Å². The molecule has 2 aromatic rings. The SMILES string of the molecule is C#C/C=C(Br)\C=C/CCCCCC(NC(=O)OC(C)(C)C)C(=O)Nc1ccc(-c2c(C)nn(COCCS(C)(C)C)c2C)cc1. The van der Waals surface area contributed by atoms with E-state index in [2.05, 4.69) is 57.3 Å². The van der Waals surface area contributed by atoms with E-state index >= 15 is 0 Å². The molecule has 1 atom stereocenters. The zero-order valence-corrected chi connectivity index (χ0v) is 30.6. The number of nitrogens with zero attached hydrogens (tertiary/aromatic N) is 2. The molecule has 45 heavy (non-hydrogen) atoms. The molecule has 8 nitrogen and oxygen atoms in total. The van der Waals surface area contributed by atoms with E-state index in [-0.39, 0.29) is 5.91 Å². The van der Waals surface area contributed by atoms with Gasteiger partial charge in [0, 0.05) is 33.3 Å². The van der Waals surface area contributed by atoms with Crippen LogP contribution >= 0.6 is 26.0 Å². The Hall–Kier alpha value is -3.00. The Morgan fingerprint density at radius 2 is 1.82 bits per heavy atom. The molecule has 0 aliphatic heterocycles. The molecule has 1 unspecified atom stereocenters. The minimum atomic E-state index is -0.731. The van der Waals surface area contributed by atoms with Crippen molar-refractivity contribution in [1.82, 2.24) is 15.1 Å². The molecule has 248 valence electrons. The molecule has 10 heteroatoms. The Kier molecular flexibility index (Phi) is 15.5. The van der Waals surface area contributed by atoms with Crippen LogP contribution in [0.3, 0.4) is 0 Å². The molecule has 2 N–H and O–H groups in total. The molecule has 1 aromatic carbocycles. The van der Waals surface area contributed by atoms with Crippen LogP contribution in [0.4, 0.5) is 10.5 Å². The first-order chi connectivity index (χ1) is 21.1. The summed E-state index contributed by atoms with van der Waals surface area (Å²) in [5.74, 6) is 3.25. The number of carbonyl (C=O) groups is 2. The maximum atomic E-state index is 13.3. The second-order valence-corrected chi connectivity index (χ2v) is 18.4. The highest BCUT2D eigenvalue weighted by Gasteiger charge is 2.24. The number of rotatable bonds is 16. The van der Waals surface area contributed by atoms with Gasteiger partial charge in [0.2, 0.25) is 5.91 Å². The highest BCUT2D eigenvalue weighted by atomic mass is 79.9. The second-order valence-electron chi connectivity index (χ2n) is 12.9. The summed E-state index contributed by atoms with van der Waals surface area (Å²) in [4.78, 5) is 25.9. The number of hydrogen-bond donors (Lipinski definition) is 2. The van der Waals surface area contributed by atoms with Crippen molar-refractivity contribution in [2.24, 2.45) is 0 Å². The Morgan fingerprint density at radius 1 is 1.13 bits per heavy atom. The largest absolute Gasteiger partial charge is 0.444 e. The summed E-state index contributed by atoms with van der Waals surface area (Å²) in [6.45, 7) is 10.5. The molecule has 0 aliphatic carbocycles. The van der Waals surface area contributed by atoms with Crippen LogP contribution in [-0.2, 0) is 21.0 Å². The number of unbranched alkanes of at least 4 members (excludes halogenated alkanes) is 3. The number of amides is 2. The van der Waals surface area contributed by atoms with Gasteiger partial charge in [0.1, 0.15) is 18.4 Å². The number of halogens is 1. The van der Waals surface area contributed by atoms with Crippen molar-refractivity contribution in [2.45, 2.75) is 85.1 Å². The molecule has 0 aliphatic rings. The number of alkyl carbamates (subject to hydrolysis) is 1. The van der Waals surface area contributed by atoms with Crippen LogP contribution in [0.25, 0.3) is 11.1 Å². The van der Waals surface area contributed by atoms with Gasteiger partial charge in [-0.25, -0.2) is 19.5 Å². The van der Waals surface area contributed by atoms with Crippen molar-refractivity contribution in [3.63, 3.8) is 0 Å². The maximum Gasteiger partial charge on any atom is 0.408 e. The van der Waals surface area contributed by atoms with E-state index in [1.54, 1.807) is 26.8 Å². The molecule has 0 spiro atoms. The Morgan fingerprint density at radius 3 is 2.44 bits per heavy atom. The summed E-state index contributed by atoms with van der Waals surface area (Å²) >= 11 is 3.39. The van der Waals surface area contributed by atoms with Gasteiger partial charge < -0.3 is 20.1 Å². The van der Waals surface area contributed by atoms with Crippen LogP contribution in [0.2, 0.25) is 0 Å². The quantitative estimate of drug-likeness (QED) is 0.105. The number of carbonyl (C=O) groups excluding carboxylic acids is 2. The van der Waals surface area contributed by atoms with Gasteiger partial charge in [-0.05, 0) is 90.3 Å². The van der Waals surface area contributed by atoms with Crippen molar-refractivity contribution in [1.29, 1.82) is 0 Å². The van der Waals surface area contributed by atoms with Gasteiger partial charge in [-0.15, -0.1) is 6.42 Å². The van der Waals surface area contributed by atoms with Crippen molar-refractivity contribution in [3.8, 4) is 23.5 Å². The van der Waals surface area contributed by atoms with Gasteiger partial charge in [-0.2, -0.15) is 5.10 Å². The number of nitrogens with one attached hydrogen (secondary N) is 2. The van der Waals surface area contributed by atoms with Gasteiger partial charge in [-0.1, -0.05) is 59.0 Å². The lowest BCUT2D eigenvalue weighted by atomic mass is 10.0. The number of benzene rings is 1. The minimum absolute atomic E-state index is 0.286. The monoisotopic (exact) mass is 702 g/mol. The molecular formula is C35H51BrN4O4S. The van der Waals surface area contributed by atoms with Crippen LogP contribution in [0.15, 0.2) is 47.0 Å². The third kappa shape index (κ3) is 14.8. The van der Waals surface area contributed by atoms with E-state index in [1.807, 2.05) is 48.9 Å². The standard InChI is InChI=1S/C35H51BrN4O4S/c1-10-16-29(36)17-14-12-11-13-15-18-31(38-34(42)44-35(4,5)6)33(41)37-30-21-19-28(20-22-30)32-26(2)39-40(27(32)3)25-43-23-24-45(7,8)9/h1,14,16-17,19-22,31H,11-13,15,18,23-25H2,2-9H3,(H,37,41)(H,38,42)/b17-14-,29-16+. The van der Waals surface area contributed by atoms with E-state index < -0.39 is 27.8 Å². The summed E-state index contributed by atoms with van der Waals surface area (Å²) < 4.78 is 14.1. The number of aromatic nitrogens is 2. The lowest BCUT2D eigenvalue weighted by Crippen LogP contribution is -2.45. The molecule has 0 radical (unpaired) electrons. The summed E-state index contributed by atoms with van der Waals surface area (Å²) in [6.07, 6.45) is 21.2. The Labute approximate surface area is 280 Å². The summed E-state index contributed by atoms with van der Waals surface area (Å²) in [5, 5.41) is 10.4. The van der Waals surface area contributed by atoms with Crippen molar-refractivity contribution in [3.05, 3.63) is 58.4 Å². The van der Waals surface area contributed by atoms with Crippen molar-refractivity contribution >= 4 is 43.6 Å². The molecule has 0 fully saturated rings. The third-order valence-electron chi connectivity index (χ3n) is 6.75. The first-order valence-corrected chi connectivity index (χ1v) is 19.1. The lowest BCUT2D eigenvalue weighted by Gasteiger charge is -2.24. The fourth-order valence-electron chi connectivity index (χ4n) is 4.48. The van der Waals surface area contributed by atoms with Crippen LogP contribution < -0.4 is 10.6 Å². The Bertz CT molecular complexity index is 1360. The highest BCUT2D eigenvalue weighted by Crippen LogP contribution is 2.33. The number of ether oxygens (including phenoxy) is 2. The second kappa shape index (κ2) is 18.2. The predicted molar refractivity (Wildman–Crippen MR) is 193 cm³/mol. The summed E-state index contributed by atoms with van der Waals surface area (Å²) in [7, 11) is -0.601. The summed E-state index contributed by atoms with van der Waals surface area (Å²) in [6, 6.07) is 6.96. The minimum Gasteiger partial charge on any atom is -0.444 e. The number of allylic oxidation sites excluding steroid dienone is 4. The normalized spacial score (nSPS) is 13.4. The molecule has 2 amide bonds. The number of anilines is 1. The van der Waals surface area contributed by atoms with Gasteiger partial charge in [0.15, 0.2) is 0 Å². The van der Waals surface area contributed by atoms with Gasteiger partial charge in [0.05, 0.1) is 12.3 Å². The molecule has 2 rings (SSSR count). The predicted octanol–water partition coefficient (Wildman–Crippen LogP) is 8.09. The maximum absolute atomic E-state index is 13.3. The molecule has 0 saturated heterocycles. The lowest BCUT2D eigenvalue weighted by molar-refractivity contribution is -0.118. The van der Waals surface area contributed by atoms with E-state index in [1.165, 1.54) is 0 Å². The zero-order chi connectivity index (χ0) is 33.6. The first kappa shape index (κ1) is 38.2. The zero-order valence-electron chi connectivity index (χ0n) is 28.2. The number of aryl methyl sites for hydroxylation is 1. The fraction of sp³-hybridized carbons (Fsp3) is 0.514.